The lowest BCUT2D eigenvalue weighted by molar-refractivity contribution is -0.137. The van der Waals surface area contributed by atoms with Crippen molar-refractivity contribution in [2.45, 2.75) is 25.3 Å². The average molecular weight is 362 g/mol. The Morgan fingerprint density at radius 3 is 2.50 bits per heavy atom. The molecule has 4 atom stereocenters. The topological polar surface area (TPSA) is 79.0 Å². The van der Waals surface area contributed by atoms with E-state index in [0.29, 0.717) is 32.4 Å². The van der Waals surface area contributed by atoms with Crippen LogP contribution in [0.4, 0.5) is 13.6 Å². The fourth-order valence-electron chi connectivity index (χ4n) is 4.52. The number of likely N-dealkylation sites (tertiary alicyclic amines) is 1. The van der Waals surface area contributed by atoms with E-state index in [-0.39, 0.29) is 29.2 Å². The van der Waals surface area contributed by atoms with Crippen molar-refractivity contribution < 1.29 is 18.4 Å². The minimum Gasteiger partial charge on any atom is -0.351 e. The van der Waals surface area contributed by atoms with Crippen molar-refractivity contribution in [2.24, 2.45) is 28.6 Å². The van der Waals surface area contributed by atoms with Crippen molar-refractivity contribution in [1.82, 2.24) is 9.91 Å². The fourth-order valence-corrected chi connectivity index (χ4v) is 4.52. The molecule has 8 heteroatoms. The number of carbonyl (C=O) groups excluding carboxylic acids is 2. The van der Waals surface area contributed by atoms with Crippen LogP contribution in [-0.2, 0) is 4.79 Å². The molecule has 1 saturated heterocycles. The number of hydrogen-bond acceptors (Lipinski definition) is 3. The summed E-state index contributed by atoms with van der Waals surface area (Å²) in [5, 5.41) is 5.43. The van der Waals surface area contributed by atoms with Gasteiger partial charge in [0.2, 0.25) is 5.91 Å². The Kier molecular flexibility index (Phi) is 4.13. The van der Waals surface area contributed by atoms with Crippen molar-refractivity contribution in [2.75, 3.05) is 13.1 Å². The first kappa shape index (κ1) is 16.9. The second kappa shape index (κ2) is 6.34. The summed E-state index contributed by atoms with van der Waals surface area (Å²) in [6.45, 7) is 1.16. The van der Waals surface area contributed by atoms with Gasteiger partial charge in [-0.2, -0.15) is 5.10 Å². The van der Waals surface area contributed by atoms with Gasteiger partial charge in [0, 0.05) is 37.2 Å². The van der Waals surface area contributed by atoms with Crippen LogP contribution in [0.25, 0.3) is 0 Å². The van der Waals surface area contributed by atoms with Crippen LogP contribution < -0.4 is 5.73 Å². The first-order valence-electron chi connectivity index (χ1n) is 8.79. The molecular weight excluding hydrogens is 342 g/mol. The van der Waals surface area contributed by atoms with E-state index in [0.717, 1.165) is 18.2 Å². The molecule has 2 fully saturated rings. The lowest BCUT2D eigenvalue weighted by Gasteiger charge is -2.26. The molecule has 1 aromatic rings. The fraction of sp³-hybridized carbons (Fsp3) is 0.500. The van der Waals surface area contributed by atoms with Gasteiger partial charge in [0.25, 0.3) is 0 Å². The molecule has 2 heterocycles. The molecule has 3 amide bonds. The summed E-state index contributed by atoms with van der Waals surface area (Å²) in [7, 11) is 0. The quantitative estimate of drug-likeness (QED) is 0.876. The molecule has 1 saturated carbocycles. The summed E-state index contributed by atoms with van der Waals surface area (Å²) >= 11 is 0. The maximum atomic E-state index is 14.1. The third-order valence-electron chi connectivity index (χ3n) is 5.78. The van der Waals surface area contributed by atoms with E-state index in [1.807, 2.05) is 0 Å². The molecule has 138 valence electrons. The summed E-state index contributed by atoms with van der Waals surface area (Å²) < 4.78 is 27.7. The monoisotopic (exact) mass is 362 g/mol. The van der Waals surface area contributed by atoms with Crippen LogP contribution in [0.5, 0.6) is 0 Å². The lowest BCUT2D eigenvalue weighted by atomic mass is 10.00. The molecule has 1 aliphatic carbocycles. The molecule has 26 heavy (non-hydrogen) atoms. The standard InChI is InChI=1S/C18H20F2N4O2/c19-13-1-2-15(20)14(7-13)16-3-4-22-24(16)17(25)10-5-11-8-23(18(21)26)9-12(11)6-10/h1-2,4,7,10-12,16H,3,5-6,8-9H2,(H2,21,26)/t10?,11-,12+,16-/m0/s1. The molecule has 1 aromatic carbocycles. The van der Waals surface area contributed by atoms with Gasteiger partial charge >= 0.3 is 6.03 Å². The van der Waals surface area contributed by atoms with Crippen molar-refractivity contribution in [3.05, 3.63) is 35.4 Å². The number of rotatable bonds is 2. The Balaban J connectivity index is 1.48. The van der Waals surface area contributed by atoms with Crippen LogP contribution >= 0.6 is 0 Å². The predicted octanol–water partition coefficient (Wildman–Crippen LogP) is 2.26. The molecule has 0 radical (unpaired) electrons. The van der Waals surface area contributed by atoms with Crippen LogP contribution in [0.3, 0.4) is 0 Å². The number of hydrazone groups is 1. The van der Waals surface area contributed by atoms with Crippen LogP contribution in [0.1, 0.15) is 30.9 Å². The first-order chi connectivity index (χ1) is 12.4. The minimum atomic E-state index is -0.610. The molecule has 2 aliphatic heterocycles. The third-order valence-corrected chi connectivity index (χ3v) is 5.78. The van der Waals surface area contributed by atoms with Crippen molar-refractivity contribution >= 4 is 18.2 Å². The maximum Gasteiger partial charge on any atom is 0.314 e. The Labute approximate surface area is 149 Å². The van der Waals surface area contributed by atoms with Gasteiger partial charge in [-0.05, 0) is 42.9 Å². The lowest BCUT2D eigenvalue weighted by Crippen LogP contribution is -2.36. The normalized spacial score (nSPS) is 30.1. The number of nitrogens with zero attached hydrogens (tertiary/aromatic N) is 3. The number of hydrogen-bond donors (Lipinski definition) is 1. The largest absolute Gasteiger partial charge is 0.351 e. The number of benzene rings is 1. The molecule has 0 bridgehead atoms. The third kappa shape index (κ3) is 2.83. The van der Waals surface area contributed by atoms with Gasteiger partial charge in [-0.1, -0.05) is 0 Å². The number of primary amides is 1. The number of fused-ring (bicyclic) bond motifs is 1. The summed E-state index contributed by atoms with van der Waals surface area (Å²) in [5.41, 5.74) is 5.48. The molecule has 6 nitrogen and oxygen atoms in total. The Morgan fingerprint density at radius 2 is 1.85 bits per heavy atom. The van der Waals surface area contributed by atoms with Crippen LogP contribution in [0.15, 0.2) is 23.3 Å². The zero-order chi connectivity index (χ0) is 18.4. The second-order valence-electron chi connectivity index (χ2n) is 7.33. The highest BCUT2D eigenvalue weighted by Crippen LogP contribution is 2.43. The van der Waals surface area contributed by atoms with Gasteiger partial charge in [0.15, 0.2) is 0 Å². The van der Waals surface area contributed by atoms with Gasteiger partial charge < -0.3 is 10.6 Å². The number of carbonyl (C=O) groups is 2. The SMILES string of the molecule is NC(=O)N1C[C@H]2CC(C(=O)N3N=CC[C@H]3c3cc(F)ccc3F)C[C@H]2C1. The average Bonchev–Trinajstić information content (AvgIpc) is 3.29. The van der Waals surface area contributed by atoms with Gasteiger partial charge in [-0.15, -0.1) is 0 Å². The van der Waals surface area contributed by atoms with Crippen LogP contribution in [0, 0.1) is 29.4 Å². The predicted molar refractivity (Wildman–Crippen MR) is 89.9 cm³/mol. The van der Waals surface area contributed by atoms with Crippen LogP contribution in [0.2, 0.25) is 0 Å². The highest BCUT2D eigenvalue weighted by Gasteiger charge is 2.46. The van der Waals surface area contributed by atoms with Crippen LogP contribution in [-0.4, -0.2) is 41.2 Å². The molecule has 4 rings (SSSR count). The Morgan fingerprint density at radius 1 is 1.15 bits per heavy atom. The highest BCUT2D eigenvalue weighted by atomic mass is 19.1. The smallest absolute Gasteiger partial charge is 0.314 e. The van der Waals surface area contributed by atoms with Crippen molar-refractivity contribution in [3.63, 3.8) is 0 Å². The molecule has 3 aliphatic rings. The summed E-state index contributed by atoms with van der Waals surface area (Å²) in [6, 6.07) is 2.23. The van der Waals surface area contributed by atoms with Gasteiger partial charge in [-0.3, -0.25) is 4.79 Å². The van der Waals surface area contributed by atoms with E-state index in [2.05, 4.69) is 5.10 Å². The van der Waals surface area contributed by atoms with E-state index < -0.39 is 23.7 Å². The number of halogens is 2. The van der Waals surface area contributed by atoms with E-state index in [9.17, 15) is 18.4 Å². The number of nitrogens with two attached hydrogens (primary N) is 1. The van der Waals surface area contributed by atoms with E-state index >= 15 is 0 Å². The van der Waals surface area contributed by atoms with Gasteiger partial charge in [-0.25, -0.2) is 18.6 Å². The van der Waals surface area contributed by atoms with E-state index in [4.69, 9.17) is 5.73 Å². The zero-order valence-corrected chi connectivity index (χ0v) is 14.1. The molecular formula is C18H20F2N4O2. The zero-order valence-electron chi connectivity index (χ0n) is 14.1. The van der Waals surface area contributed by atoms with E-state index in [1.54, 1.807) is 11.1 Å². The number of amides is 3. The van der Waals surface area contributed by atoms with Crippen molar-refractivity contribution in [1.29, 1.82) is 0 Å². The summed E-state index contributed by atoms with van der Waals surface area (Å²) in [5.74, 6) is -0.940. The highest BCUT2D eigenvalue weighted by molar-refractivity contribution is 5.82. The van der Waals surface area contributed by atoms with Crippen molar-refractivity contribution in [3.8, 4) is 0 Å². The number of urea groups is 1. The van der Waals surface area contributed by atoms with Gasteiger partial charge in [0.1, 0.15) is 11.6 Å². The first-order valence-corrected chi connectivity index (χ1v) is 8.79. The molecule has 1 unspecified atom stereocenters. The van der Waals surface area contributed by atoms with Gasteiger partial charge in [0.05, 0.1) is 6.04 Å². The summed E-state index contributed by atoms with van der Waals surface area (Å²) in [4.78, 5) is 25.9. The molecule has 2 N–H and O–H groups in total. The minimum absolute atomic E-state index is 0.147. The second-order valence-corrected chi connectivity index (χ2v) is 7.33. The molecule has 0 aromatic heterocycles. The Hall–Kier alpha value is -2.51. The van der Waals surface area contributed by atoms with E-state index in [1.165, 1.54) is 5.01 Å². The molecule has 0 spiro atoms. The Bertz CT molecular complexity index is 770. The summed E-state index contributed by atoms with van der Waals surface area (Å²) in [6.07, 6.45) is 3.26. The maximum absolute atomic E-state index is 14.1.